The van der Waals surface area contributed by atoms with Gasteiger partial charge in [-0.25, -0.2) is 4.79 Å². The molecule has 0 aliphatic rings. The first kappa shape index (κ1) is 17.0. The van der Waals surface area contributed by atoms with Crippen LogP contribution in [0.15, 0.2) is 24.3 Å². The van der Waals surface area contributed by atoms with E-state index in [4.69, 9.17) is 5.11 Å². The van der Waals surface area contributed by atoms with Crippen molar-refractivity contribution < 1.29 is 14.7 Å². The minimum absolute atomic E-state index is 0.112. The summed E-state index contributed by atoms with van der Waals surface area (Å²) in [6.45, 7) is 9.46. The molecule has 21 heavy (non-hydrogen) atoms. The summed E-state index contributed by atoms with van der Waals surface area (Å²) in [7, 11) is 0. The van der Waals surface area contributed by atoms with Crippen LogP contribution in [-0.4, -0.2) is 34.6 Å². The van der Waals surface area contributed by atoms with Gasteiger partial charge < -0.3 is 15.3 Å². The Labute approximate surface area is 126 Å². The number of urea groups is 1. The molecule has 116 valence electrons. The predicted octanol–water partition coefficient (Wildman–Crippen LogP) is 3.31. The molecule has 0 unspecified atom stereocenters. The van der Waals surface area contributed by atoms with Crippen LogP contribution in [0.3, 0.4) is 0 Å². The summed E-state index contributed by atoms with van der Waals surface area (Å²) in [6.07, 6.45) is 0. The Balaban J connectivity index is 2.99. The summed E-state index contributed by atoms with van der Waals surface area (Å²) in [6, 6.07) is 6.98. The van der Waals surface area contributed by atoms with E-state index in [1.54, 1.807) is 13.8 Å². The third-order valence-electron chi connectivity index (χ3n) is 3.17. The maximum Gasteiger partial charge on any atom is 0.323 e. The van der Waals surface area contributed by atoms with Crippen molar-refractivity contribution >= 4 is 17.7 Å². The summed E-state index contributed by atoms with van der Waals surface area (Å²) in [5, 5.41) is 11.7. The number of para-hydroxylation sites is 1. The van der Waals surface area contributed by atoms with Gasteiger partial charge in [0, 0.05) is 11.7 Å². The average Bonchev–Trinajstić information content (AvgIpc) is 2.34. The number of carbonyl (C=O) groups excluding carboxylic acids is 1. The number of hydrogen-bond donors (Lipinski definition) is 2. The van der Waals surface area contributed by atoms with E-state index >= 15 is 0 Å². The molecule has 1 rings (SSSR count). The van der Waals surface area contributed by atoms with Gasteiger partial charge in [-0.15, -0.1) is 0 Å². The summed E-state index contributed by atoms with van der Waals surface area (Å²) >= 11 is 0. The number of amides is 2. The predicted molar refractivity (Wildman–Crippen MR) is 83.6 cm³/mol. The first-order valence-corrected chi connectivity index (χ1v) is 7.02. The van der Waals surface area contributed by atoms with Gasteiger partial charge >= 0.3 is 12.0 Å². The lowest BCUT2D eigenvalue weighted by molar-refractivity contribution is -0.137. The van der Waals surface area contributed by atoms with Crippen LogP contribution in [0.2, 0.25) is 0 Å². The Morgan fingerprint density at radius 1 is 1.24 bits per heavy atom. The van der Waals surface area contributed by atoms with Crippen LogP contribution in [-0.2, 0) is 10.2 Å². The van der Waals surface area contributed by atoms with Crippen molar-refractivity contribution in [3.8, 4) is 0 Å². The van der Waals surface area contributed by atoms with Gasteiger partial charge in [0.15, 0.2) is 0 Å². The van der Waals surface area contributed by atoms with Gasteiger partial charge in [-0.05, 0) is 30.9 Å². The molecule has 0 radical (unpaired) electrons. The Morgan fingerprint density at radius 3 is 2.29 bits per heavy atom. The smallest absolute Gasteiger partial charge is 0.323 e. The van der Waals surface area contributed by atoms with E-state index in [1.807, 2.05) is 24.3 Å². The fourth-order valence-corrected chi connectivity index (χ4v) is 2.07. The van der Waals surface area contributed by atoms with Gasteiger partial charge in [0.05, 0.1) is 0 Å². The van der Waals surface area contributed by atoms with Gasteiger partial charge in [-0.1, -0.05) is 39.0 Å². The van der Waals surface area contributed by atoms with Crippen LogP contribution in [0, 0.1) is 0 Å². The molecule has 0 spiro atoms. The molecule has 2 N–H and O–H groups in total. The van der Waals surface area contributed by atoms with E-state index in [0.717, 1.165) is 5.56 Å². The summed E-state index contributed by atoms with van der Waals surface area (Å²) < 4.78 is 0. The van der Waals surface area contributed by atoms with Crippen molar-refractivity contribution in [2.75, 3.05) is 11.9 Å². The van der Waals surface area contributed by atoms with Crippen LogP contribution >= 0.6 is 0 Å². The van der Waals surface area contributed by atoms with Crippen LogP contribution < -0.4 is 5.32 Å². The second-order valence-corrected chi connectivity index (χ2v) is 6.34. The van der Waals surface area contributed by atoms with E-state index in [1.165, 1.54) is 4.90 Å². The largest absolute Gasteiger partial charge is 0.480 e. The molecule has 0 bridgehead atoms. The number of nitrogens with one attached hydrogen (secondary N) is 1. The molecule has 0 aliphatic carbocycles. The second kappa shape index (κ2) is 6.61. The molecule has 2 amide bonds. The quantitative estimate of drug-likeness (QED) is 0.894. The lowest BCUT2D eigenvalue weighted by Gasteiger charge is -2.28. The molecule has 0 saturated heterocycles. The van der Waals surface area contributed by atoms with Crippen LogP contribution in [0.4, 0.5) is 10.5 Å². The SMILES string of the molecule is CC(C)N(CC(=O)O)C(=O)Nc1ccccc1C(C)(C)C. The van der Waals surface area contributed by atoms with Crippen molar-refractivity contribution in [3.05, 3.63) is 29.8 Å². The van der Waals surface area contributed by atoms with Gasteiger partial charge in [0.25, 0.3) is 0 Å². The standard InChI is InChI=1S/C16H24N2O3/c1-11(2)18(10-14(19)20)15(21)17-13-9-7-6-8-12(13)16(3,4)5/h6-9,11H,10H2,1-5H3,(H,17,21)(H,19,20). The normalized spacial score (nSPS) is 11.3. The zero-order valence-electron chi connectivity index (χ0n) is 13.3. The number of anilines is 1. The van der Waals surface area contributed by atoms with E-state index in [-0.39, 0.29) is 18.0 Å². The van der Waals surface area contributed by atoms with Crippen LogP contribution in [0.25, 0.3) is 0 Å². The molecule has 0 aromatic heterocycles. The van der Waals surface area contributed by atoms with Gasteiger partial charge in [0.1, 0.15) is 6.54 Å². The Morgan fingerprint density at radius 2 is 1.81 bits per heavy atom. The molecular weight excluding hydrogens is 268 g/mol. The first-order chi connectivity index (χ1) is 9.62. The highest BCUT2D eigenvalue weighted by Crippen LogP contribution is 2.29. The molecule has 5 nitrogen and oxygen atoms in total. The number of rotatable bonds is 4. The number of carboxylic acid groups (broad SMARTS) is 1. The fraction of sp³-hybridized carbons (Fsp3) is 0.500. The second-order valence-electron chi connectivity index (χ2n) is 6.34. The van der Waals surface area contributed by atoms with E-state index in [9.17, 15) is 9.59 Å². The molecular formula is C16H24N2O3. The summed E-state index contributed by atoms with van der Waals surface area (Å²) in [4.78, 5) is 24.5. The molecule has 0 atom stereocenters. The highest BCUT2D eigenvalue weighted by Gasteiger charge is 2.23. The fourth-order valence-electron chi connectivity index (χ4n) is 2.07. The maximum atomic E-state index is 12.3. The summed E-state index contributed by atoms with van der Waals surface area (Å²) in [5.74, 6) is -1.03. The van der Waals surface area contributed by atoms with Crippen molar-refractivity contribution in [3.63, 3.8) is 0 Å². The molecule has 0 saturated carbocycles. The topological polar surface area (TPSA) is 69.6 Å². The molecule has 0 aliphatic heterocycles. The van der Waals surface area contributed by atoms with Crippen LogP contribution in [0.1, 0.15) is 40.2 Å². The number of benzene rings is 1. The number of hydrogen-bond acceptors (Lipinski definition) is 2. The van der Waals surface area contributed by atoms with E-state index in [2.05, 4.69) is 26.1 Å². The maximum absolute atomic E-state index is 12.3. The minimum atomic E-state index is -1.03. The van der Waals surface area contributed by atoms with Crippen LogP contribution in [0.5, 0.6) is 0 Å². The minimum Gasteiger partial charge on any atom is -0.480 e. The highest BCUT2D eigenvalue weighted by molar-refractivity contribution is 5.92. The molecule has 1 aromatic rings. The Bertz CT molecular complexity index is 518. The number of nitrogens with zero attached hydrogens (tertiary/aromatic N) is 1. The zero-order chi connectivity index (χ0) is 16.2. The van der Waals surface area contributed by atoms with E-state index < -0.39 is 12.0 Å². The van der Waals surface area contributed by atoms with Gasteiger partial charge in [-0.2, -0.15) is 0 Å². The average molecular weight is 292 g/mol. The lowest BCUT2D eigenvalue weighted by Crippen LogP contribution is -2.43. The number of aliphatic carboxylic acids is 1. The molecule has 5 heteroatoms. The van der Waals surface area contributed by atoms with Crippen molar-refractivity contribution in [1.29, 1.82) is 0 Å². The van der Waals surface area contributed by atoms with Crippen molar-refractivity contribution in [2.45, 2.75) is 46.1 Å². The Kier molecular flexibility index (Phi) is 5.35. The molecule has 0 fully saturated rings. The zero-order valence-corrected chi connectivity index (χ0v) is 13.3. The van der Waals surface area contributed by atoms with Crippen molar-refractivity contribution in [2.24, 2.45) is 0 Å². The third-order valence-corrected chi connectivity index (χ3v) is 3.17. The molecule has 1 aromatic carbocycles. The number of carbonyl (C=O) groups is 2. The highest BCUT2D eigenvalue weighted by atomic mass is 16.4. The molecule has 0 heterocycles. The lowest BCUT2D eigenvalue weighted by atomic mass is 9.86. The Hall–Kier alpha value is -2.04. The summed E-state index contributed by atoms with van der Waals surface area (Å²) in [5.41, 5.74) is 1.61. The number of carboxylic acids is 1. The first-order valence-electron chi connectivity index (χ1n) is 7.02. The van der Waals surface area contributed by atoms with Gasteiger partial charge in [-0.3, -0.25) is 4.79 Å². The van der Waals surface area contributed by atoms with Crippen molar-refractivity contribution in [1.82, 2.24) is 4.90 Å². The van der Waals surface area contributed by atoms with Gasteiger partial charge in [0.2, 0.25) is 0 Å². The monoisotopic (exact) mass is 292 g/mol. The third kappa shape index (κ3) is 4.77. The van der Waals surface area contributed by atoms with E-state index in [0.29, 0.717) is 5.69 Å².